The molecule has 140 valence electrons. The molecule has 1 aliphatic rings. The minimum atomic E-state index is -0.432. The normalized spacial score (nSPS) is 22.8. The Morgan fingerprint density at radius 1 is 1.22 bits per heavy atom. The fourth-order valence-corrected chi connectivity index (χ4v) is 4.53. The van der Waals surface area contributed by atoms with Crippen LogP contribution in [0, 0.1) is 0 Å². The first-order chi connectivity index (χ1) is 13.0. The molecular formula is C21H23ClN4O. The number of nitrogens with zero attached hydrogens (tertiary/aromatic N) is 2. The average molecular weight is 383 g/mol. The third-order valence-corrected chi connectivity index (χ3v) is 6.23. The van der Waals surface area contributed by atoms with E-state index in [4.69, 9.17) is 23.1 Å². The molecule has 4 rings (SSSR count). The summed E-state index contributed by atoms with van der Waals surface area (Å²) in [6.45, 7) is 0.618. The van der Waals surface area contributed by atoms with Crippen molar-refractivity contribution < 1.29 is 4.79 Å². The van der Waals surface area contributed by atoms with Crippen LogP contribution in [0.25, 0.3) is 11.0 Å². The first kappa shape index (κ1) is 18.0. The zero-order chi connectivity index (χ0) is 19.0. The largest absolute Gasteiger partial charge is 0.366 e. The summed E-state index contributed by atoms with van der Waals surface area (Å²) < 4.78 is 2.22. The Balaban J connectivity index is 1.58. The zero-order valence-electron chi connectivity index (χ0n) is 15.1. The molecule has 0 bridgehead atoms. The van der Waals surface area contributed by atoms with Crippen LogP contribution in [0.2, 0.25) is 5.02 Å². The molecule has 0 radical (unpaired) electrons. The molecule has 2 aromatic carbocycles. The maximum atomic E-state index is 11.4. The third-order valence-electron chi connectivity index (χ3n) is 5.99. The van der Waals surface area contributed by atoms with Gasteiger partial charge in [-0.1, -0.05) is 23.7 Å². The lowest BCUT2D eigenvalue weighted by Crippen LogP contribution is -2.39. The van der Waals surface area contributed by atoms with E-state index in [1.807, 2.05) is 30.6 Å². The molecule has 0 unspecified atom stereocenters. The van der Waals surface area contributed by atoms with Crippen molar-refractivity contribution in [3.8, 4) is 0 Å². The summed E-state index contributed by atoms with van der Waals surface area (Å²) in [6.07, 6.45) is 5.93. The second-order valence-electron chi connectivity index (χ2n) is 7.45. The van der Waals surface area contributed by atoms with E-state index >= 15 is 0 Å². The molecule has 0 spiro atoms. The van der Waals surface area contributed by atoms with Crippen molar-refractivity contribution in [1.82, 2.24) is 9.55 Å². The van der Waals surface area contributed by atoms with Gasteiger partial charge in [-0.15, -0.1) is 0 Å². The van der Waals surface area contributed by atoms with Gasteiger partial charge in [0.1, 0.15) is 0 Å². The number of fused-ring (bicyclic) bond motifs is 1. The van der Waals surface area contributed by atoms with Gasteiger partial charge in [-0.05, 0) is 61.6 Å². The molecule has 0 atom stereocenters. The molecule has 6 heteroatoms. The van der Waals surface area contributed by atoms with Crippen LogP contribution in [0.15, 0.2) is 48.8 Å². The smallest absolute Gasteiger partial charge is 0.248 e. The maximum absolute atomic E-state index is 11.4. The molecule has 1 amide bonds. The van der Waals surface area contributed by atoms with Crippen LogP contribution in [0.3, 0.4) is 0 Å². The van der Waals surface area contributed by atoms with Gasteiger partial charge >= 0.3 is 0 Å². The Morgan fingerprint density at radius 2 is 2.00 bits per heavy atom. The van der Waals surface area contributed by atoms with Gasteiger partial charge in [0.15, 0.2) is 0 Å². The Morgan fingerprint density at radius 3 is 2.67 bits per heavy atom. The Bertz CT molecular complexity index is 989. The van der Waals surface area contributed by atoms with Crippen molar-refractivity contribution in [3.63, 3.8) is 0 Å². The minimum absolute atomic E-state index is 0.0169. The van der Waals surface area contributed by atoms with Crippen LogP contribution >= 0.6 is 11.6 Å². The van der Waals surface area contributed by atoms with E-state index in [-0.39, 0.29) is 5.41 Å². The SMILES string of the molecule is NCC1(c2cccc(Cl)c2)CCC(n2cnc3cc(C(N)=O)ccc32)CC1. The van der Waals surface area contributed by atoms with Gasteiger partial charge in [-0.25, -0.2) is 4.98 Å². The van der Waals surface area contributed by atoms with E-state index in [0.717, 1.165) is 41.7 Å². The highest BCUT2D eigenvalue weighted by atomic mass is 35.5. The van der Waals surface area contributed by atoms with Gasteiger partial charge in [0.25, 0.3) is 0 Å². The van der Waals surface area contributed by atoms with Crippen molar-refractivity contribution >= 4 is 28.5 Å². The Hall–Kier alpha value is -2.37. The highest BCUT2D eigenvalue weighted by molar-refractivity contribution is 6.30. The summed E-state index contributed by atoms with van der Waals surface area (Å²) in [5, 5.41) is 0.758. The zero-order valence-corrected chi connectivity index (χ0v) is 15.8. The predicted molar refractivity (Wildman–Crippen MR) is 108 cm³/mol. The number of primary amides is 1. The highest BCUT2D eigenvalue weighted by Crippen LogP contribution is 2.43. The van der Waals surface area contributed by atoms with Crippen molar-refractivity contribution in [1.29, 1.82) is 0 Å². The molecule has 27 heavy (non-hydrogen) atoms. The van der Waals surface area contributed by atoms with Crippen molar-refractivity contribution in [2.24, 2.45) is 11.5 Å². The molecule has 1 aromatic heterocycles. The summed E-state index contributed by atoms with van der Waals surface area (Å²) in [5.74, 6) is -0.432. The highest BCUT2D eigenvalue weighted by Gasteiger charge is 2.36. The Labute approximate surface area is 163 Å². The molecule has 0 aliphatic heterocycles. The molecule has 5 nitrogen and oxygen atoms in total. The van der Waals surface area contributed by atoms with Gasteiger partial charge in [-0.2, -0.15) is 0 Å². The van der Waals surface area contributed by atoms with Crippen LogP contribution < -0.4 is 11.5 Å². The number of hydrogen-bond acceptors (Lipinski definition) is 3. The van der Waals surface area contributed by atoms with Crippen molar-refractivity contribution in [3.05, 3.63) is 64.9 Å². The monoisotopic (exact) mass is 382 g/mol. The van der Waals surface area contributed by atoms with E-state index in [2.05, 4.69) is 15.6 Å². The average Bonchev–Trinajstić information content (AvgIpc) is 3.11. The number of hydrogen-bond donors (Lipinski definition) is 2. The summed E-state index contributed by atoms with van der Waals surface area (Å²) in [4.78, 5) is 15.9. The number of nitrogens with two attached hydrogens (primary N) is 2. The number of carbonyl (C=O) groups excluding carboxylic acids is 1. The number of halogens is 1. The van der Waals surface area contributed by atoms with Crippen LogP contribution in [0.5, 0.6) is 0 Å². The van der Waals surface area contributed by atoms with E-state index in [9.17, 15) is 4.79 Å². The topological polar surface area (TPSA) is 86.9 Å². The number of aromatic nitrogens is 2. The molecular weight excluding hydrogens is 360 g/mol. The van der Waals surface area contributed by atoms with Crippen molar-refractivity contribution in [2.45, 2.75) is 37.1 Å². The summed E-state index contributed by atoms with van der Waals surface area (Å²) in [7, 11) is 0. The molecule has 0 saturated heterocycles. The maximum Gasteiger partial charge on any atom is 0.248 e. The van der Waals surface area contributed by atoms with E-state index in [1.165, 1.54) is 5.56 Å². The lowest BCUT2D eigenvalue weighted by molar-refractivity contribution is 0.100. The van der Waals surface area contributed by atoms with Crippen LogP contribution in [0.4, 0.5) is 0 Å². The van der Waals surface area contributed by atoms with E-state index in [0.29, 0.717) is 18.2 Å². The number of benzene rings is 2. The van der Waals surface area contributed by atoms with Gasteiger partial charge < -0.3 is 16.0 Å². The summed E-state index contributed by atoms with van der Waals surface area (Å²) in [6, 6.07) is 13.9. The summed E-state index contributed by atoms with van der Waals surface area (Å²) in [5.41, 5.74) is 15.1. The van der Waals surface area contributed by atoms with Crippen LogP contribution in [0.1, 0.15) is 47.6 Å². The second-order valence-corrected chi connectivity index (χ2v) is 7.88. The van der Waals surface area contributed by atoms with E-state index < -0.39 is 5.91 Å². The first-order valence-electron chi connectivity index (χ1n) is 9.25. The number of amides is 1. The van der Waals surface area contributed by atoms with E-state index in [1.54, 1.807) is 12.1 Å². The van der Waals surface area contributed by atoms with Gasteiger partial charge in [0.05, 0.1) is 17.4 Å². The van der Waals surface area contributed by atoms with Gasteiger partial charge in [0, 0.05) is 28.6 Å². The number of rotatable bonds is 4. The first-order valence-corrected chi connectivity index (χ1v) is 9.63. The predicted octanol–water partition coefficient (Wildman–Crippen LogP) is 3.80. The quantitative estimate of drug-likeness (QED) is 0.719. The molecule has 4 N–H and O–H groups in total. The number of carbonyl (C=O) groups is 1. The molecule has 3 aromatic rings. The van der Waals surface area contributed by atoms with Crippen LogP contribution in [-0.4, -0.2) is 22.0 Å². The van der Waals surface area contributed by atoms with Crippen molar-refractivity contribution in [2.75, 3.05) is 6.54 Å². The summed E-state index contributed by atoms with van der Waals surface area (Å²) >= 11 is 6.21. The lowest BCUT2D eigenvalue weighted by atomic mass is 9.68. The Kier molecular flexibility index (Phi) is 4.66. The third kappa shape index (κ3) is 3.22. The fourth-order valence-electron chi connectivity index (χ4n) is 4.34. The minimum Gasteiger partial charge on any atom is -0.366 e. The molecule has 1 aliphatic carbocycles. The standard InChI is InChI=1S/C21H23ClN4O/c22-16-3-1-2-15(11-16)21(12-23)8-6-17(7-9-21)26-13-25-18-10-14(20(24)27)4-5-19(18)26/h1-5,10-11,13,17H,6-9,12,23H2,(H2,24,27). The number of imidazole rings is 1. The lowest BCUT2D eigenvalue weighted by Gasteiger charge is -2.40. The van der Waals surface area contributed by atoms with Crippen LogP contribution in [-0.2, 0) is 5.41 Å². The second kappa shape index (κ2) is 6.98. The van der Waals surface area contributed by atoms with Gasteiger partial charge in [-0.3, -0.25) is 4.79 Å². The fraction of sp³-hybridized carbons (Fsp3) is 0.333. The molecule has 1 heterocycles. The van der Waals surface area contributed by atoms with Gasteiger partial charge in [0.2, 0.25) is 5.91 Å². The molecule has 1 fully saturated rings. The molecule has 1 saturated carbocycles.